The number of benzene rings is 1. The van der Waals surface area contributed by atoms with Gasteiger partial charge in [-0.1, -0.05) is 6.92 Å². The third-order valence-electron chi connectivity index (χ3n) is 2.60. The summed E-state index contributed by atoms with van der Waals surface area (Å²) in [6, 6.07) is 4.15. The number of hydrogen-bond donors (Lipinski definition) is 3. The highest BCUT2D eigenvalue weighted by atomic mass is 79.9. The van der Waals surface area contributed by atoms with Crippen molar-refractivity contribution in [1.29, 1.82) is 0 Å². The maximum Gasteiger partial charge on any atom is 0.147 e. The van der Waals surface area contributed by atoms with Crippen LogP contribution < -0.4 is 15.4 Å². The van der Waals surface area contributed by atoms with Crippen LogP contribution in [0.15, 0.2) is 21.1 Å². The standard InChI is InChI=1S/C14H22Br2N2O2/c1-2-7-20-14-12(15)8-11(9-13(14)16)10-18-4-3-17-5-6-19/h8-9,17-19H,2-7,10H2,1H3. The second-order valence-electron chi connectivity index (χ2n) is 4.39. The Labute approximate surface area is 137 Å². The van der Waals surface area contributed by atoms with Crippen molar-refractivity contribution in [3.05, 3.63) is 26.6 Å². The molecule has 0 radical (unpaired) electrons. The first-order valence-electron chi connectivity index (χ1n) is 6.82. The van der Waals surface area contributed by atoms with E-state index in [9.17, 15) is 0 Å². The molecule has 0 bridgehead atoms. The zero-order valence-electron chi connectivity index (χ0n) is 11.7. The molecule has 0 unspecified atom stereocenters. The smallest absolute Gasteiger partial charge is 0.147 e. The quantitative estimate of drug-likeness (QED) is 0.520. The van der Waals surface area contributed by atoms with Gasteiger partial charge in [0.15, 0.2) is 0 Å². The number of rotatable bonds is 10. The molecule has 0 aliphatic rings. The van der Waals surface area contributed by atoms with Crippen LogP contribution in [0.4, 0.5) is 0 Å². The molecule has 6 heteroatoms. The molecule has 114 valence electrons. The van der Waals surface area contributed by atoms with E-state index in [0.29, 0.717) is 13.2 Å². The van der Waals surface area contributed by atoms with Gasteiger partial charge in [-0.2, -0.15) is 0 Å². The van der Waals surface area contributed by atoms with E-state index in [0.717, 1.165) is 40.8 Å². The molecule has 0 saturated carbocycles. The van der Waals surface area contributed by atoms with Gasteiger partial charge >= 0.3 is 0 Å². The fraction of sp³-hybridized carbons (Fsp3) is 0.571. The van der Waals surface area contributed by atoms with Crippen molar-refractivity contribution < 1.29 is 9.84 Å². The van der Waals surface area contributed by atoms with Gasteiger partial charge in [0.1, 0.15) is 5.75 Å². The summed E-state index contributed by atoms with van der Waals surface area (Å²) in [5, 5.41) is 15.1. The van der Waals surface area contributed by atoms with E-state index in [1.54, 1.807) is 0 Å². The molecule has 1 aromatic rings. The Morgan fingerprint density at radius 3 is 2.35 bits per heavy atom. The predicted octanol–water partition coefficient (Wildman–Crippen LogP) is 2.67. The van der Waals surface area contributed by atoms with Crippen molar-refractivity contribution in [3.8, 4) is 5.75 Å². The zero-order valence-corrected chi connectivity index (χ0v) is 14.9. The molecule has 0 amide bonds. The van der Waals surface area contributed by atoms with Crippen molar-refractivity contribution in [3.63, 3.8) is 0 Å². The molecule has 1 aromatic carbocycles. The predicted molar refractivity (Wildman–Crippen MR) is 89.3 cm³/mol. The van der Waals surface area contributed by atoms with Crippen LogP contribution in [0.1, 0.15) is 18.9 Å². The van der Waals surface area contributed by atoms with Crippen molar-refractivity contribution in [2.45, 2.75) is 19.9 Å². The Balaban J connectivity index is 2.43. The van der Waals surface area contributed by atoms with Crippen LogP contribution >= 0.6 is 31.9 Å². The second-order valence-corrected chi connectivity index (χ2v) is 6.10. The number of hydrogen-bond acceptors (Lipinski definition) is 4. The number of ether oxygens (including phenoxy) is 1. The molecule has 0 saturated heterocycles. The maximum absolute atomic E-state index is 8.64. The fourth-order valence-electron chi connectivity index (χ4n) is 1.67. The first-order valence-corrected chi connectivity index (χ1v) is 8.40. The summed E-state index contributed by atoms with van der Waals surface area (Å²) in [6.07, 6.45) is 0.989. The molecule has 4 nitrogen and oxygen atoms in total. The van der Waals surface area contributed by atoms with Crippen molar-refractivity contribution in [1.82, 2.24) is 10.6 Å². The highest BCUT2D eigenvalue weighted by molar-refractivity contribution is 9.11. The summed E-state index contributed by atoms with van der Waals surface area (Å²) in [5.74, 6) is 0.861. The largest absolute Gasteiger partial charge is 0.491 e. The number of nitrogens with one attached hydrogen (secondary N) is 2. The normalized spacial score (nSPS) is 10.8. The van der Waals surface area contributed by atoms with E-state index in [-0.39, 0.29) is 6.61 Å². The van der Waals surface area contributed by atoms with E-state index in [1.807, 2.05) is 0 Å². The van der Waals surface area contributed by atoms with Gasteiger partial charge < -0.3 is 20.5 Å². The van der Waals surface area contributed by atoms with Gasteiger partial charge in [0.2, 0.25) is 0 Å². The fourth-order valence-corrected chi connectivity index (χ4v) is 3.18. The van der Waals surface area contributed by atoms with Crippen LogP contribution in [-0.4, -0.2) is 38.0 Å². The molecule has 0 spiro atoms. The molecule has 0 aliphatic carbocycles. The van der Waals surface area contributed by atoms with Crippen LogP contribution in [0.25, 0.3) is 0 Å². The first-order chi connectivity index (χ1) is 9.69. The molecule has 0 fully saturated rings. The Morgan fingerprint density at radius 1 is 1.10 bits per heavy atom. The van der Waals surface area contributed by atoms with Gasteiger partial charge in [-0.15, -0.1) is 0 Å². The number of aliphatic hydroxyl groups excluding tert-OH is 1. The minimum Gasteiger partial charge on any atom is -0.491 e. The lowest BCUT2D eigenvalue weighted by Crippen LogP contribution is -2.28. The van der Waals surface area contributed by atoms with Crippen molar-refractivity contribution in [2.75, 3.05) is 32.8 Å². The second kappa shape index (κ2) is 10.6. The molecular weight excluding hydrogens is 388 g/mol. The van der Waals surface area contributed by atoms with E-state index < -0.39 is 0 Å². The SMILES string of the molecule is CCCOc1c(Br)cc(CNCCNCCO)cc1Br. The Hall–Kier alpha value is -0.140. The van der Waals surface area contributed by atoms with E-state index in [4.69, 9.17) is 9.84 Å². The van der Waals surface area contributed by atoms with Crippen LogP contribution in [-0.2, 0) is 6.54 Å². The highest BCUT2D eigenvalue weighted by Gasteiger charge is 2.08. The molecule has 0 aromatic heterocycles. The summed E-state index contributed by atoms with van der Waals surface area (Å²) < 4.78 is 7.63. The topological polar surface area (TPSA) is 53.5 Å². The summed E-state index contributed by atoms with van der Waals surface area (Å²) in [6.45, 7) is 6.13. The lowest BCUT2D eigenvalue weighted by molar-refractivity contribution is 0.292. The summed E-state index contributed by atoms with van der Waals surface area (Å²) >= 11 is 7.10. The van der Waals surface area contributed by atoms with E-state index >= 15 is 0 Å². The van der Waals surface area contributed by atoms with Gasteiger partial charge in [0, 0.05) is 26.2 Å². The van der Waals surface area contributed by atoms with Gasteiger partial charge in [-0.05, 0) is 56.0 Å². The molecule has 1 rings (SSSR count). The van der Waals surface area contributed by atoms with Gasteiger partial charge in [-0.3, -0.25) is 0 Å². The molecule has 0 atom stereocenters. The number of aliphatic hydroxyl groups is 1. The molecule has 0 heterocycles. The van der Waals surface area contributed by atoms with Crippen LogP contribution in [0, 0.1) is 0 Å². The zero-order chi connectivity index (χ0) is 14.8. The number of halogens is 2. The summed E-state index contributed by atoms with van der Waals surface area (Å²) in [4.78, 5) is 0. The average molecular weight is 410 g/mol. The van der Waals surface area contributed by atoms with E-state index in [2.05, 4.69) is 61.5 Å². The lowest BCUT2D eigenvalue weighted by atomic mass is 10.2. The minimum atomic E-state index is 0.180. The third kappa shape index (κ3) is 6.54. The highest BCUT2D eigenvalue weighted by Crippen LogP contribution is 2.34. The molecule has 0 aliphatic heterocycles. The first kappa shape index (κ1) is 17.9. The van der Waals surface area contributed by atoms with Crippen molar-refractivity contribution in [2.24, 2.45) is 0 Å². The van der Waals surface area contributed by atoms with Crippen molar-refractivity contribution >= 4 is 31.9 Å². The lowest BCUT2D eigenvalue weighted by Gasteiger charge is -2.12. The molecule has 3 N–H and O–H groups in total. The van der Waals surface area contributed by atoms with Crippen LogP contribution in [0.5, 0.6) is 5.75 Å². The Morgan fingerprint density at radius 2 is 1.75 bits per heavy atom. The van der Waals surface area contributed by atoms with E-state index in [1.165, 1.54) is 5.56 Å². The van der Waals surface area contributed by atoms with Gasteiger partial charge in [0.25, 0.3) is 0 Å². The third-order valence-corrected chi connectivity index (χ3v) is 3.78. The monoisotopic (exact) mass is 408 g/mol. The summed E-state index contributed by atoms with van der Waals surface area (Å²) in [7, 11) is 0. The Kier molecular flexibility index (Phi) is 9.46. The maximum atomic E-state index is 8.64. The molecule has 20 heavy (non-hydrogen) atoms. The minimum absolute atomic E-state index is 0.180. The summed E-state index contributed by atoms with van der Waals surface area (Å²) in [5.41, 5.74) is 1.19. The van der Waals surface area contributed by atoms with Crippen LogP contribution in [0.3, 0.4) is 0 Å². The average Bonchev–Trinajstić information content (AvgIpc) is 2.42. The van der Waals surface area contributed by atoms with Gasteiger partial charge in [-0.25, -0.2) is 0 Å². The molecular formula is C14H22Br2N2O2. The van der Waals surface area contributed by atoms with Crippen LogP contribution in [0.2, 0.25) is 0 Å². The Bertz CT molecular complexity index is 380. The van der Waals surface area contributed by atoms with Gasteiger partial charge in [0.05, 0.1) is 22.2 Å².